The van der Waals surface area contributed by atoms with Crippen LogP contribution in [0.3, 0.4) is 0 Å². The van der Waals surface area contributed by atoms with Crippen LogP contribution in [0, 0.1) is 6.92 Å². The molecule has 1 aromatic rings. The van der Waals surface area contributed by atoms with Gasteiger partial charge < -0.3 is 0 Å². The van der Waals surface area contributed by atoms with Gasteiger partial charge in [0.15, 0.2) is 0 Å². The van der Waals surface area contributed by atoms with Crippen LogP contribution in [0.1, 0.15) is 30.0 Å². The first-order chi connectivity index (χ1) is 6.16. The van der Waals surface area contributed by atoms with Gasteiger partial charge in [0.2, 0.25) is 0 Å². The van der Waals surface area contributed by atoms with Gasteiger partial charge in [-0.2, -0.15) is 0 Å². The number of benzene rings is 1. The van der Waals surface area contributed by atoms with E-state index in [1.54, 1.807) is 0 Å². The van der Waals surface area contributed by atoms with Crippen LogP contribution in [-0.4, -0.2) is 9.46 Å². The highest BCUT2D eigenvalue weighted by atomic mass is 28.4. The van der Waals surface area contributed by atoms with E-state index in [0.29, 0.717) is 6.42 Å². The predicted molar refractivity (Wildman–Crippen MR) is 52.2 cm³/mol. The SMILES string of the molecule is CCC(c1ccccc1C)[Si](F)F. The van der Waals surface area contributed by atoms with Crippen LogP contribution in [0.2, 0.25) is 0 Å². The fourth-order valence-electron chi connectivity index (χ4n) is 1.47. The van der Waals surface area contributed by atoms with E-state index in [4.69, 9.17) is 0 Å². The Hall–Kier alpha value is -0.703. The fourth-order valence-corrected chi connectivity index (χ4v) is 2.34. The van der Waals surface area contributed by atoms with E-state index in [1.807, 2.05) is 38.1 Å². The number of rotatable bonds is 3. The first kappa shape index (κ1) is 10.4. The zero-order valence-corrected chi connectivity index (χ0v) is 8.85. The van der Waals surface area contributed by atoms with Gasteiger partial charge in [-0.15, -0.1) is 0 Å². The molecule has 0 nitrogen and oxygen atoms in total. The Morgan fingerprint density at radius 1 is 1.31 bits per heavy atom. The lowest BCUT2D eigenvalue weighted by Crippen LogP contribution is -2.14. The molecule has 0 heterocycles. The average Bonchev–Trinajstić information content (AvgIpc) is 2.09. The van der Waals surface area contributed by atoms with Crippen molar-refractivity contribution in [3.05, 3.63) is 35.4 Å². The van der Waals surface area contributed by atoms with Gasteiger partial charge in [-0.05, 0) is 24.5 Å². The predicted octanol–water partition coefficient (Wildman–Crippen LogP) is 3.46. The Labute approximate surface area is 79.5 Å². The van der Waals surface area contributed by atoms with Crippen LogP contribution in [-0.2, 0) is 0 Å². The zero-order chi connectivity index (χ0) is 9.84. The standard InChI is InChI=1S/C10H13F2Si/c1-3-10(13(11)12)9-7-5-4-6-8(9)2/h4-7,10H,3H2,1-2H3. The normalized spacial score (nSPS) is 13.3. The molecule has 1 aromatic carbocycles. The molecule has 0 aliphatic rings. The Bertz CT molecular complexity index is 273. The van der Waals surface area contributed by atoms with Crippen LogP contribution in [0.15, 0.2) is 24.3 Å². The minimum Gasteiger partial charge on any atom is -0.267 e. The molecule has 0 aliphatic carbocycles. The maximum Gasteiger partial charge on any atom is 0.484 e. The molecule has 0 aromatic heterocycles. The molecule has 0 saturated heterocycles. The summed E-state index contributed by atoms with van der Waals surface area (Å²) in [6, 6.07) is 7.42. The molecular formula is C10H13F2Si. The minimum atomic E-state index is -3.20. The highest BCUT2D eigenvalue weighted by Crippen LogP contribution is 2.26. The maximum absolute atomic E-state index is 12.7. The van der Waals surface area contributed by atoms with Gasteiger partial charge in [-0.1, -0.05) is 31.2 Å². The number of hydrogen-bond donors (Lipinski definition) is 0. The highest BCUT2D eigenvalue weighted by molar-refractivity contribution is 6.44. The van der Waals surface area contributed by atoms with Crippen LogP contribution in [0.25, 0.3) is 0 Å². The molecule has 0 N–H and O–H groups in total. The van der Waals surface area contributed by atoms with Crippen molar-refractivity contribution < 1.29 is 8.22 Å². The molecule has 0 saturated carbocycles. The van der Waals surface area contributed by atoms with Crippen molar-refractivity contribution in [1.29, 1.82) is 0 Å². The summed E-state index contributed by atoms with van der Waals surface area (Å²) in [5.74, 6) is 0. The van der Waals surface area contributed by atoms with Crippen molar-refractivity contribution in [2.24, 2.45) is 0 Å². The Kier molecular flexibility index (Phi) is 3.60. The van der Waals surface area contributed by atoms with Crippen molar-refractivity contribution >= 4 is 9.46 Å². The molecule has 0 amide bonds. The van der Waals surface area contributed by atoms with E-state index >= 15 is 0 Å². The van der Waals surface area contributed by atoms with Gasteiger partial charge in [0.1, 0.15) is 0 Å². The van der Waals surface area contributed by atoms with E-state index in [0.717, 1.165) is 11.1 Å². The molecule has 1 unspecified atom stereocenters. The molecule has 0 bridgehead atoms. The smallest absolute Gasteiger partial charge is 0.267 e. The van der Waals surface area contributed by atoms with Crippen LogP contribution < -0.4 is 0 Å². The lowest BCUT2D eigenvalue weighted by Gasteiger charge is -2.13. The number of halogens is 2. The molecule has 0 fully saturated rings. The topological polar surface area (TPSA) is 0 Å². The first-order valence-electron chi connectivity index (χ1n) is 4.40. The van der Waals surface area contributed by atoms with Gasteiger partial charge in [0, 0.05) is 5.54 Å². The molecule has 1 rings (SSSR count). The fraction of sp³-hybridized carbons (Fsp3) is 0.400. The minimum absolute atomic E-state index is 0.508. The monoisotopic (exact) mass is 199 g/mol. The third kappa shape index (κ3) is 2.37. The van der Waals surface area contributed by atoms with Crippen molar-refractivity contribution in [3.8, 4) is 0 Å². The van der Waals surface area contributed by atoms with Crippen molar-refractivity contribution in [3.63, 3.8) is 0 Å². The van der Waals surface area contributed by atoms with Crippen molar-refractivity contribution in [2.45, 2.75) is 25.8 Å². The molecule has 1 atom stereocenters. The first-order valence-corrected chi connectivity index (χ1v) is 5.73. The zero-order valence-electron chi connectivity index (χ0n) is 7.85. The third-order valence-electron chi connectivity index (χ3n) is 2.24. The molecule has 0 spiro atoms. The second-order valence-electron chi connectivity index (χ2n) is 3.11. The largest absolute Gasteiger partial charge is 0.484 e. The van der Waals surface area contributed by atoms with E-state index in [2.05, 4.69) is 0 Å². The summed E-state index contributed by atoms with van der Waals surface area (Å²) < 4.78 is 25.3. The summed E-state index contributed by atoms with van der Waals surface area (Å²) in [6.07, 6.45) is 0.534. The second-order valence-corrected chi connectivity index (χ2v) is 4.38. The van der Waals surface area contributed by atoms with Crippen LogP contribution >= 0.6 is 0 Å². The molecule has 3 heteroatoms. The summed E-state index contributed by atoms with van der Waals surface area (Å²) in [6.45, 7) is 3.71. The average molecular weight is 199 g/mol. The Morgan fingerprint density at radius 3 is 2.38 bits per heavy atom. The molecular weight excluding hydrogens is 186 g/mol. The molecule has 0 aliphatic heterocycles. The maximum atomic E-state index is 12.7. The van der Waals surface area contributed by atoms with E-state index in [9.17, 15) is 8.22 Å². The Balaban J connectivity index is 2.97. The summed E-state index contributed by atoms with van der Waals surface area (Å²) in [7, 11) is -3.20. The highest BCUT2D eigenvalue weighted by Gasteiger charge is 2.26. The molecule has 13 heavy (non-hydrogen) atoms. The second kappa shape index (κ2) is 4.51. The van der Waals surface area contributed by atoms with Gasteiger partial charge in [0.25, 0.3) is 0 Å². The summed E-state index contributed by atoms with van der Waals surface area (Å²) in [5.41, 5.74) is 1.29. The van der Waals surface area contributed by atoms with E-state index < -0.39 is 15.0 Å². The van der Waals surface area contributed by atoms with Crippen molar-refractivity contribution in [1.82, 2.24) is 0 Å². The van der Waals surface area contributed by atoms with Gasteiger partial charge in [-0.3, -0.25) is 8.22 Å². The van der Waals surface area contributed by atoms with Gasteiger partial charge in [-0.25, -0.2) is 0 Å². The molecule has 1 radical (unpaired) electrons. The van der Waals surface area contributed by atoms with E-state index in [1.165, 1.54) is 0 Å². The number of aryl methyl sites for hydroxylation is 1. The number of hydrogen-bond acceptors (Lipinski definition) is 0. The summed E-state index contributed by atoms with van der Waals surface area (Å²) >= 11 is 0. The van der Waals surface area contributed by atoms with Crippen LogP contribution in [0.4, 0.5) is 8.22 Å². The van der Waals surface area contributed by atoms with Crippen LogP contribution in [0.5, 0.6) is 0 Å². The van der Waals surface area contributed by atoms with Gasteiger partial charge in [0.05, 0.1) is 0 Å². The Morgan fingerprint density at radius 2 is 1.92 bits per heavy atom. The summed E-state index contributed by atoms with van der Waals surface area (Å²) in [4.78, 5) is 0. The summed E-state index contributed by atoms with van der Waals surface area (Å²) in [5, 5.41) is 0. The molecule has 71 valence electrons. The lowest BCUT2D eigenvalue weighted by molar-refractivity contribution is 0.602. The lowest BCUT2D eigenvalue weighted by atomic mass is 10.0. The quantitative estimate of drug-likeness (QED) is 0.516. The third-order valence-corrected chi connectivity index (χ3v) is 3.48. The van der Waals surface area contributed by atoms with Gasteiger partial charge >= 0.3 is 9.46 Å². The van der Waals surface area contributed by atoms with E-state index in [-0.39, 0.29) is 0 Å². The van der Waals surface area contributed by atoms with Crippen molar-refractivity contribution in [2.75, 3.05) is 0 Å².